The van der Waals surface area contributed by atoms with Crippen LogP contribution in [-0.4, -0.2) is 37.4 Å². The number of hydrogen-bond donors (Lipinski definition) is 1. The molecule has 3 rings (SSSR count). The van der Waals surface area contributed by atoms with E-state index in [1.54, 1.807) is 18.2 Å². The van der Waals surface area contributed by atoms with Crippen LogP contribution in [0.15, 0.2) is 60.3 Å². The maximum absolute atomic E-state index is 12.9. The van der Waals surface area contributed by atoms with Crippen LogP contribution >= 0.6 is 0 Å². The Hall–Kier alpha value is -2.66. The summed E-state index contributed by atoms with van der Waals surface area (Å²) in [7, 11) is 0. The average molecular weight is 354 g/mol. The largest absolute Gasteiger partial charge is 0.489 e. The normalized spacial score (nSPS) is 15.0. The van der Waals surface area contributed by atoms with Crippen molar-refractivity contribution in [3.8, 4) is 5.75 Å². The summed E-state index contributed by atoms with van der Waals surface area (Å²) in [5.41, 5.74) is 3.25. The highest BCUT2D eigenvalue weighted by atomic mass is 19.1. The molecule has 1 aliphatic rings. The van der Waals surface area contributed by atoms with Crippen molar-refractivity contribution in [3.05, 3.63) is 77.2 Å². The second kappa shape index (κ2) is 9.15. The van der Waals surface area contributed by atoms with Crippen molar-refractivity contribution in [2.45, 2.75) is 13.0 Å². The fraction of sp³-hybridized carbons (Fsp3) is 0.286. The van der Waals surface area contributed by atoms with E-state index in [0.29, 0.717) is 12.4 Å². The van der Waals surface area contributed by atoms with E-state index in [9.17, 15) is 9.18 Å². The van der Waals surface area contributed by atoms with Gasteiger partial charge in [-0.3, -0.25) is 4.79 Å². The number of nitrogens with one attached hydrogen (secondary N) is 1. The Morgan fingerprint density at radius 3 is 2.35 bits per heavy atom. The zero-order chi connectivity index (χ0) is 18.2. The predicted octanol–water partition coefficient (Wildman–Crippen LogP) is 2.94. The van der Waals surface area contributed by atoms with Gasteiger partial charge < -0.3 is 15.0 Å². The Labute approximate surface area is 153 Å². The molecule has 0 aliphatic carbocycles. The SMILES string of the molecule is O=CC=C(Cc1ccc(COc2ccc(F)cc2)cc1)N1CCNCC1. The van der Waals surface area contributed by atoms with Gasteiger partial charge in [-0.15, -0.1) is 0 Å². The van der Waals surface area contributed by atoms with E-state index in [-0.39, 0.29) is 5.82 Å². The number of benzene rings is 2. The summed E-state index contributed by atoms with van der Waals surface area (Å²) in [6, 6.07) is 14.2. The standard InChI is InChI=1S/C21H23FN2O2/c22-19-5-7-21(8-6-19)26-16-18-3-1-17(2-4-18)15-20(9-14-25)24-12-10-23-11-13-24/h1-9,14,23H,10-13,15-16H2. The number of halogens is 1. The van der Waals surface area contributed by atoms with Gasteiger partial charge in [-0.2, -0.15) is 0 Å². The molecular formula is C21H23FN2O2. The van der Waals surface area contributed by atoms with E-state index in [0.717, 1.165) is 55.7 Å². The van der Waals surface area contributed by atoms with Gasteiger partial charge in [-0.1, -0.05) is 24.3 Å². The molecule has 0 spiro atoms. The lowest BCUT2D eigenvalue weighted by Crippen LogP contribution is -2.43. The van der Waals surface area contributed by atoms with Crippen molar-refractivity contribution in [2.24, 2.45) is 0 Å². The van der Waals surface area contributed by atoms with Crippen molar-refractivity contribution in [1.82, 2.24) is 10.2 Å². The molecule has 5 heteroatoms. The van der Waals surface area contributed by atoms with E-state index in [2.05, 4.69) is 22.3 Å². The highest BCUT2D eigenvalue weighted by Gasteiger charge is 2.13. The fourth-order valence-corrected chi connectivity index (χ4v) is 2.97. The number of hydrogen-bond acceptors (Lipinski definition) is 4. The van der Waals surface area contributed by atoms with E-state index in [1.807, 2.05) is 12.1 Å². The number of piperazine rings is 1. The van der Waals surface area contributed by atoms with Crippen LogP contribution in [0.3, 0.4) is 0 Å². The van der Waals surface area contributed by atoms with Crippen LogP contribution in [0.1, 0.15) is 11.1 Å². The molecule has 1 fully saturated rings. The third-order valence-corrected chi connectivity index (χ3v) is 4.41. The summed E-state index contributed by atoms with van der Waals surface area (Å²) < 4.78 is 18.6. The summed E-state index contributed by atoms with van der Waals surface area (Å²) >= 11 is 0. The number of rotatable bonds is 7. The molecule has 0 atom stereocenters. The third-order valence-electron chi connectivity index (χ3n) is 4.41. The smallest absolute Gasteiger partial charge is 0.144 e. The molecule has 2 aromatic carbocycles. The van der Waals surface area contributed by atoms with Crippen LogP contribution in [0, 0.1) is 5.82 Å². The number of carbonyl (C=O) groups excluding carboxylic acids is 1. The monoisotopic (exact) mass is 354 g/mol. The number of carbonyl (C=O) groups is 1. The van der Waals surface area contributed by atoms with Crippen molar-refractivity contribution in [1.29, 1.82) is 0 Å². The molecule has 1 aliphatic heterocycles. The Balaban J connectivity index is 1.58. The minimum atomic E-state index is -0.273. The molecule has 1 saturated heterocycles. The fourth-order valence-electron chi connectivity index (χ4n) is 2.97. The average Bonchev–Trinajstić information content (AvgIpc) is 2.69. The zero-order valence-electron chi connectivity index (χ0n) is 14.7. The molecule has 136 valence electrons. The van der Waals surface area contributed by atoms with Crippen molar-refractivity contribution in [2.75, 3.05) is 26.2 Å². The summed E-state index contributed by atoms with van der Waals surface area (Å²) in [6.07, 6.45) is 3.26. The molecule has 1 N–H and O–H groups in total. The molecule has 0 bridgehead atoms. The second-order valence-corrected chi connectivity index (χ2v) is 6.27. The Bertz CT molecular complexity index is 736. The quantitative estimate of drug-likeness (QED) is 0.613. The van der Waals surface area contributed by atoms with Crippen LogP contribution in [0.4, 0.5) is 4.39 Å². The molecule has 0 amide bonds. The topological polar surface area (TPSA) is 41.6 Å². The molecule has 0 unspecified atom stereocenters. The highest BCUT2D eigenvalue weighted by Crippen LogP contribution is 2.16. The van der Waals surface area contributed by atoms with Gasteiger partial charge in [0.2, 0.25) is 0 Å². The second-order valence-electron chi connectivity index (χ2n) is 6.27. The Kier molecular flexibility index (Phi) is 6.39. The molecule has 0 aromatic heterocycles. The summed E-state index contributed by atoms with van der Waals surface area (Å²) in [5.74, 6) is 0.371. The highest BCUT2D eigenvalue weighted by molar-refractivity contribution is 5.66. The van der Waals surface area contributed by atoms with E-state index in [1.165, 1.54) is 12.1 Å². The van der Waals surface area contributed by atoms with E-state index < -0.39 is 0 Å². The van der Waals surface area contributed by atoms with E-state index >= 15 is 0 Å². The maximum atomic E-state index is 12.9. The molecular weight excluding hydrogens is 331 g/mol. The van der Waals surface area contributed by atoms with Gasteiger partial charge in [0.1, 0.15) is 24.5 Å². The summed E-state index contributed by atoms with van der Waals surface area (Å²) in [6.45, 7) is 4.15. The number of allylic oxidation sites excluding steroid dienone is 2. The van der Waals surface area contributed by atoms with Crippen LogP contribution in [0.5, 0.6) is 5.75 Å². The van der Waals surface area contributed by atoms with Gasteiger partial charge in [0.15, 0.2) is 0 Å². The number of ether oxygens (including phenoxy) is 1. The molecule has 2 aromatic rings. The van der Waals surface area contributed by atoms with Crippen molar-refractivity contribution >= 4 is 6.29 Å². The van der Waals surface area contributed by atoms with Gasteiger partial charge in [0.25, 0.3) is 0 Å². The first-order valence-electron chi connectivity index (χ1n) is 8.81. The molecule has 0 saturated carbocycles. The lowest BCUT2D eigenvalue weighted by atomic mass is 10.1. The molecule has 4 nitrogen and oxygen atoms in total. The van der Waals surface area contributed by atoms with Crippen LogP contribution in [0.2, 0.25) is 0 Å². The zero-order valence-corrected chi connectivity index (χ0v) is 14.7. The first-order chi connectivity index (χ1) is 12.7. The van der Waals surface area contributed by atoms with Gasteiger partial charge in [0, 0.05) is 38.3 Å². The third kappa shape index (κ3) is 5.17. The van der Waals surface area contributed by atoms with Crippen molar-refractivity contribution < 1.29 is 13.9 Å². The van der Waals surface area contributed by atoms with Gasteiger partial charge in [-0.25, -0.2) is 4.39 Å². The van der Waals surface area contributed by atoms with Gasteiger partial charge in [-0.05, 0) is 41.5 Å². The number of aldehydes is 1. The van der Waals surface area contributed by atoms with Gasteiger partial charge in [0.05, 0.1) is 0 Å². The molecule has 1 heterocycles. The minimum absolute atomic E-state index is 0.273. The van der Waals surface area contributed by atoms with Crippen LogP contribution in [-0.2, 0) is 17.8 Å². The van der Waals surface area contributed by atoms with Crippen molar-refractivity contribution in [3.63, 3.8) is 0 Å². The van der Waals surface area contributed by atoms with Crippen LogP contribution in [0.25, 0.3) is 0 Å². The number of nitrogens with zero attached hydrogens (tertiary/aromatic N) is 1. The summed E-state index contributed by atoms with van der Waals surface area (Å²) in [4.78, 5) is 13.2. The first-order valence-corrected chi connectivity index (χ1v) is 8.81. The minimum Gasteiger partial charge on any atom is -0.489 e. The molecule has 0 radical (unpaired) electrons. The lowest BCUT2D eigenvalue weighted by molar-refractivity contribution is -0.104. The summed E-state index contributed by atoms with van der Waals surface area (Å²) in [5, 5.41) is 3.32. The van der Waals surface area contributed by atoms with Crippen LogP contribution < -0.4 is 10.1 Å². The van der Waals surface area contributed by atoms with Gasteiger partial charge >= 0.3 is 0 Å². The first kappa shape index (κ1) is 18.1. The Morgan fingerprint density at radius 1 is 1.04 bits per heavy atom. The predicted molar refractivity (Wildman–Crippen MR) is 99.5 cm³/mol. The maximum Gasteiger partial charge on any atom is 0.144 e. The van der Waals surface area contributed by atoms with E-state index in [4.69, 9.17) is 4.74 Å². The molecule has 26 heavy (non-hydrogen) atoms. The lowest BCUT2D eigenvalue weighted by Gasteiger charge is -2.31. The Morgan fingerprint density at radius 2 is 1.69 bits per heavy atom.